The highest BCUT2D eigenvalue weighted by Crippen LogP contribution is 2.38. The maximum absolute atomic E-state index is 5.47. The van der Waals surface area contributed by atoms with Gasteiger partial charge in [-0.1, -0.05) is 78.0 Å². The number of hydrogen-bond donors (Lipinski definition) is 0. The molecule has 1 aliphatic carbocycles. The van der Waals surface area contributed by atoms with Crippen molar-refractivity contribution >= 4 is 15.9 Å². The van der Waals surface area contributed by atoms with Gasteiger partial charge in [0.2, 0.25) is 5.82 Å². The summed E-state index contributed by atoms with van der Waals surface area (Å²) in [6, 6.07) is 16.7. The van der Waals surface area contributed by atoms with Crippen molar-refractivity contribution in [2.75, 3.05) is 0 Å². The molecule has 1 fully saturated rings. The minimum Gasteiger partial charge on any atom is -0.334 e. The van der Waals surface area contributed by atoms with E-state index in [1.165, 1.54) is 56.9 Å². The minimum atomic E-state index is 0.554. The van der Waals surface area contributed by atoms with Crippen molar-refractivity contribution in [1.29, 1.82) is 0 Å². The molecule has 1 heterocycles. The van der Waals surface area contributed by atoms with Crippen LogP contribution in [0, 0.1) is 5.92 Å². The van der Waals surface area contributed by atoms with Gasteiger partial charge in [-0.25, -0.2) is 0 Å². The number of halogens is 1. The summed E-state index contributed by atoms with van der Waals surface area (Å²) in [5.41, 5.74) is 3.39. The summed E-state index contributed by atoms with van der Waals surface area (Å²) >= 11 is 3.45. The van der Waals surface area contributed by atoms with Gasteiger partial charge in [0.15, 0.2) is 0 Å². The zero-order chi connectivity index (χ0) is 20.1. The number of rotatable bonds is 7. The van der Waals surface area contributed by atoms with Gasteiger partial charge in [-0.3, -0.25) is 0 Å². The molecule has 1 aliphatic rings. The highest BCUT2D eigenvalue weighted by molar-refractivity contribution is 9.10. The Morgan fingerprint density at radius 1 is 0.897 bits per heavy atom. The molecule has 0 spiro atoms. The molecule has 0 N–H and O–H groups in total. The highest BCUT2D eigenvalue weighted by Gasteiger charge is 2.22. The summed E-state index contributed by atoms with van der Waals surface area (Å²) in [5, 5.41) is 4.18. The first kappa shape index (κ1) is 20.3. The zero-order valence-corrected chi connectivity index (χ0v) is 18.7. The third-order valence-electron chi connectivity index (χ3n) is 6.22. The Hall–Kier alpha value is -1.94. The Balaban J connectivity index is 1.37. The maximum Gasteiger partial charge on any atom is 0.258 e. The van der Waals surface area contributed by atoms with E-state index >= 15 is 0 Å². The third-order valence-corrected chi connectivity index (χ3v) is 6.75. The topological polar surface area (TPSA) is 38.9 Å². The lowest BCUT2D eigenvalue weighted by molar-refractivity contribution is 0.303. The first-order valence-corrected chi connectivity index (χ1v) is 11.7. The van der Waals surface area contributed by atoms with Crippen LogP contribution >= 0.6 is 15.9 Å². The van der Waals surface area contributed by atoms with Crippen molar-refractivity contribution in [1.82, 2.24) is 10.1 Å². The van der Waals surface area contributed by atoms with Crippen LogP contribution in [0.4, 0.5) is 0 Å². The number of benzene rings is 2. The second kappa shape index (κ2) is 9.71. The largest absolute Gasteiger partial charge is 0.334 e. The average Bonchev–Trinajstić information content (AvgIpc) is 3.25. The van der Waals surface area contributed by atoms with Crippen LogP contribution in [0.15, 0.2) is 57.5 Å². The summed E-state index contributed by atoms with van der Waals surface area (Å²) in [7, 11) is 0. The van der Waals surface area contributed by atoms with Gasteiger partial charge in [-0.2, -0.15) is 4.98 Å². The van der Waals surface area contributed by atoms with Crippen LogP contribution in [0.5, 0.6) is 0 Å². The van der Waals surface area contributed by atoms with Gasteiger partial charge < -0.3 is 4.52 Å². The number of unbranched alkanes of at least 4 members (excludes halogenated alkanes) is 2. The molecule has 152 valence electrons. The summed E-state index contributed by atoms with van der Waals surface area (Å²) in [6.45, 7) is 2.29. The predicted octanol–water partition coefficient (Wildman–Crippen LogP) is 8.02. The van der Waals surface area contributed by atoms with Gasteiger partial charge in [-0.15, -0.1) is 0 Å². The fourth-order valence-corrected chi connectivity index (χ4v) is 4.69. The van der Waals surface area contributed by atoms with Crippen molar-refractivity contribution in [2.45, 2.75) is 64.2 Å². The molecule has 4 heteroatoms. The van der Waals surface area contributed by atoms with Crippen LogP contribution in [0.1, 0.15) is 69.8 Å². The Morgan fingerprint density at radius 2 is 1.59 bits per heavy atom. The van der Waals surface area contributed by atoms with E-state index in [1.807, 2.05) is 24.3 Å². The van der Waals surface area contributed by atoms with Gasteiger partial charge in [0.05, 0.1) is 0 Å². The molecule has 0 aliphatic heterocycles. The van der Waals surface area contributed by atoms with Gasteiger partial charge in [0, 0.05) is 15.6 Å². The van der Waals surface area contributed by atoms with E-state index in [1.54, 1.807) is 0 Å². The Bertz CT molecular complexity index is 893. The molecular weight excluding hydrogens is 424 g/mol. The molecule has 3 nitrogen and oxygen atoms in total. The lowest BCUT2D eigenvalue weighted by atomic mass is 9.77. The number of hydrogen-bond acceptors (Lipinski definition) is 3. The van der Waals surface area contributed by atoms with Gasteiger partial charge in [0.25, 0.3) is 5.89 Å². The van der Waals surface area contributed by atoms with Crippen molar-refractivity contribution in [2.24, 2.45) is 5.92 Å². The highest BCUT2D eigenvalue weighted by atomic mass is 79.9. The van der Waals surface area contributed by atoms with Crippen molar-refractivity contribution in [3.8, 4) is 22.8 Å². The number of aromatic nitrogens is 2. The summed E-state index contributed by atoms with van der Waals surface area (Å²) < 4.78 is 6.50. The molecular formula is C25H29BrN2O. The molecule has 3 aromatic rings. The predicted molar refractivity (Wildman–Crippen MR) is 122 cm³/mol. The zero-order valence-electron chi connectivity index (χ0n) is 17.1. The number of nitrogens with zero attached hydrogens (tertiary/aromatic N) is 2. The van der Waals surface area contributed by atoms with E-state index in [4.69, 9.17) is 4.52 Å². The SMILES string of the molecule is CCCCCC1CCC(c2ccc(-c3noc(-c4ccc(Br)cc4)n3)cc2)CC1. The van der Waals surface area contributed by atoms with Crippen molar-refractivity contribution < 1.29 is 4.52 Å². The van der Waals surface area contributed by atoms with E-state index in [9.17, 15) is 0 Å². The standard InChI is InChI=1S/C25H29BrN2O/c1-2-3-4-5-18-6-8-19(9-7-18)20-10-12-21(13-11-20)24-27-25(29-28-24)22-14-16-23(26)17-15-22/h10-19H,2-9H2,1H3. The van der Waals surface area contributed by atoms with Crippen LogP contribution in [-0.4, -0.2) is 10.1 Å². The molecule has 4 rings (SSSR count). The average molecular weight is 453 g/mol. The lowest BCUT2D eigenvalue weighted by Crippen LogP contribution is -2.13. The first-order chi connectivity index (χ1) is 14.2. The smallest absolute Gasteiger partial charge is 0.258 e. The van der Waals surface area contributed by atoms with Crippen LogP contribution in [-0.2, 0) is 0 Å². The first-order valence-electron chi connectivity index (χ1n) is 10.9. The van der Waals surface area contributed by atoms with Crippen LogP contribution in [0.2, 0.25) is 0 Å². The van der Waals surface area contributed by atoms with E-state index in [0.717, 1.165) is 21.5 Å². The van der Waals surface area contributed by atoms with E-state index < -0.39 is 0 Å². The van der Waals surface area contributed by atoms with Crippen molar-refractivity contribution in [3.05, 3.63) is 58.6 Å². The molecule has 1 aromatic heterocycles. The maximum atomic E-state index is 5.47. The van der Waals surface area contributed by atoms with E-state index in [2.05, 4.69) is 57.3 Å². The summed E-state index contributed by atoms with van der Waals surface area (Å²) in [5.74, 6) is 2.86. The molecule has 0 unspecified atom stereocenters. The fourth-order valence-electron chi connectivity index (χ4n) is 4.42. The van der Waals surface area contributed by atoms with E-state index in [-0.39, 0.29) is 0 Å². The normalized spacial score (nSPS) is 19.4. The lowest BCUT2D eigenvalue weighted by Gasteiger charge is -2.29. The monoisotopic (exact) mass is 452 g/mol. The second-order valence-electron chi connectivity index (χ2n) is 8.27. The third kappa shape index (κ3) is 5.16. The Kier molecular flexibility index (Phi) is 6.81. The molecule has 29 heavy (non-hydrogen) atoms. The van der Waals surface area contributed by atoms with Gasteiger partial charge in [-0.05, 0) is 67.3 Å². The molecule has 2 aromatic carbocycles. The summed E-state index contributed by atoms with van der Waals surface area (Å²) in [4.78, 5) is 4.57. The Morgan fingerprint density at radius 3 is 2.28 bits per heavy atom. The van der Waals surface area contributed by atoms with Crippen molar-refractivity contribution in [3.63, 3.8) is 0 Å². The fraction of sp³-hybridized carbons (Fsp3) is 0.440. The Labute approximate surface area is 182 Å². The van der Waals surface area contributed by atoms with E-state index in [0.29, 0.717) is 17.6 Å². The molecule has 1 saturated carbocycles. The van der Waals surface area contributed by atoms with Crippen LogP contribution < -0.4 is 0 Å². The molecule has 0 bridgehead atoms. The summed E-state index contributed by atoms with van der Waals surface area (Å²) in [6.07, 6.45) is 11.0. The van der Waals surface area contributed by atoms with Gasteiger partial charge >= 0.3 is 0 Å². The quantitative estimate of drug-likeness (QED) is 0.340. The molecule has 0 atom stereocenters. The van der Waals surface area contributed by atoms with Crippen LogP contribution in [0.3, 0.4) is 0 Å². The van der Waals surface area contributed by atoms with Gasteiger partial charge in [0.1, 0.15) is 0 Å². The minimum absolute atomic E-state index is 0.554. The molecule has 0 saturated heterocycles. The van der Waals surface area contributed by atoms with Crippen LogP contribution in [0.25, 0.3) is 22.8 Å². The second-order valence-corrected chi connectivity index (χ2v) is 9.18. The molecule has 0 amide bonds. The molecule has 0 radical (unpaired) electrons.